The molecule has 0 fully saturated rings. The second kappa shape index (κ2) is 7.10. The molecule has 1 aliphatic rings. The lowest BCUT2D eigenvalue weighted by molar-refractivity contribution is -0.385. The van der Waals surface area contributed by atoms with Gasteiger partial charge in [-0.25, -0.2) is 4.39 Å². The monoisotopic (exact) mass is 362 g/mol. The van der Waals surface area contributed by atoms with Gasteiger partial charge in [0.2, 0.25) is 0 Å². The average Bonchev–Trinajstić information content (AvgIpc) is 2.61. The van der Waals surface area contributed by atoms with Crippen LogP contribution in [0.2, 0.25) is 0 Å². The smallest absolute Gasteiger partial charge is 0.311 e. The van der Waals surface area contributed by atoms with Gasteiger partial charge in [0.15, 0.2) is 5.75 Å². The van der Waals surface area contributed by atoms with Crippen molar-refractivity contribution < 1.29 is 18.8 Å². The van der Waals surface area contributed by atoms with E-state index >= 15 is 0 Å². The van der Waals surface area contributed by atoms with Gasteiger partial charge in [-0.1, -0.05) is 0 Å². The molecule has 130 valence electrons. The highest BCUT2D eigenvalue weighted by molar-refractivity contribution is 7.99. The van der Waals surface area contributed by atoms with Crippen LogP contribution < -0.4 is 10.1 Å². The Morgan fingerprint density at radius 1 is 1.36 bits per heavy atom. The maximum atomic E-state index is 13.5. The molecule has 0 bridgehead atoms. The molecule has 0 aromatic heterocycles. The molecule has 2 aromatic carbocycles. The largest absolute Gasteiger partial charge is 0.490 e. The predicted octanol–water partition coefficient (Wildman–Crippen LogP) is 3.71. The Labute approximate surface area is 147 Å². The molecule has 2 aromatic rings. The minimum absolute atomic E-state index is 0.0861. The second-order valence-corrected chi connectivity index (χ2v) is 6.63. The summed E-state index contributed by atoms with van der Waals surface area (Å²) in [5.41, 5.74) is 0.608. The summed E-state index contributed by atoms with van der Waals surface area (Å²) < 4.78 is 18.5. The lowest BCUT2D eigenvalue weighted by atomic mass is 10.0. The van der Waals surface area contributed by atoms with Crippen LogP contribution in [0, 0.1) is 15.9 Å². The summed E-state index contributed by atoms with van der Waals surface area (Å²) in [6, 6.07) is 8.21. The zero-order chi connectivity index (χ0) is 18.0. The third-order valence-corrected chi connectivity index (χ3v) is 5.08. The fourth-order valence-electron chi connectivity index (χ4n) is 2.73. The number of benzene rings is 2. The van der Waals surface area contributed by atoms with E-state index in [2.05, 4.69) is 5.32 Å². The van der Waals surface area contributed by atoms with Crippen LogP contribution in [0.25, 0.3) is 0 Å². The summed E-state index contributed by atoms with van der Waals surface area (Å²) in [5, 5.41) is 13.9. The molecule has 8 heteroatoms. The van der Waals surface area contributed by atoms with Gasteiger partial charge >= 0.3 is 5.69 Å². The summed E-state index contributed by atoms with van der Waals surface area (Å²) >= 11 is 1.61. The number of carbonyl (C=O) groups excluding carboxylic acids is 1. The number of ether oxygens (including phenoxy) is 1. The standard InChI is InChI=1S/C17H15FN2O4S/c1-24-15-4-2-10(8-14(15)20(22)23)17(21)19-13-6-7-25-16-5-3-11(18)9-12(13)16/h2-5,8-9,13H,6-7H2,1H3,(H,19,21)/t13-/m0/s1. The van der Waals surface area contributed by atoms with E-state index in [4.69, 9.17) is 4.74 Å². The zero-order valence-corrected chi connectivity index (χ0v) is 14.1. The van der Waals surface area contributed by atoms with E-state index in [1.54, 1.807) is 17.8 Å². The van der Waals surface area contributed by atoms with Crippen molar-refractivity contribution in [1.29, 1.82) is 0 Å². The first-order valence-electron chi connectivity index (χ1n) is 7.55. The Bertz CT molecular complexity index is 843. The second-order valence-electron chi connectivity index (χ2n) is 5.49. The van der Waals surface area contributed by atoms with Crippen molar-refractivity contribution in [3.05, 3.63) is 63.5 Å². The van der Waals surface area contributed by atoms with Gasteiger partial charge in [0, 0.05) is 22.3 Å². The van der Waals surface area contributed by atoms with E-state index in [0.717, 1.165) is 16.2 Å². The number of nitro benzene ring substituents is 1. The van der Waals surface area contributed by atoms with Gasteiger partial charge < -0.3 is 10.1 Å². The van der Waals surface area contributed by atoms with E-state index in [1.165, 1.54) is 37.4 Å². The molecule has 1 amide bonds. The summed E-state index contributed by atoms with van der Waals surface area (Å²) in [7, 11) is 1.33. The van der Waals surface area contributed by atoms with Crippen LogP contribution in [0.3, 0.4) is 0 Å². The number of halogens is 1. The molecule has 0 spiro atoms. The number of hydrogen-bond acceptors (Lipinski definition) is 5. The van der Waals surface area contributed by atoms with Gasteiger partial charge in [-0.05, 0) is 42.3 Å². The molecular weight excluding hydrogens is 347 g/mol. The first kappa shape index (κ1) is 17.2. The highest BCUT2D eigenvalue weighted by atomic mass is 32.2. The van der Waals surface area contributed by atoms with Crippen molar-refractivity contribution in [2.75, 3.05) is 12.9 Å². The van der Waals surface area contributed by atoms with Gasteiger partial charge in [-0.2, -0.15) is 0 Å². The third-order valence-electron chi connectivity index (χ3n) is 3.95. The molecule has 1 N–H and O–H groups in total. The summed E-state index contributed by atoms with van der Waals surface area (Å²) in [5.74, 6) is 0.0771. The van der Waals surface area contributed by atoms with E-state index in [9.17, 15) is 19.3 Å². The molecule has 1 aliphatic heterocycles. The van der Waals surface area contributed by atoms with E-state index in [1.807, 2.05) is 0 Å². The molecule has 0 unspecified atom stereocenters. The SMILES string of the molecule is COc1ccc(C(=O)N[C@H]2CCSc3ccc(F)cc32)cc1[N+](=O)[O-]. The molecule has 0 radical (unpaired) electrons. The molecule has 6 nitrogen and oxygen atoms in total. The summed E-state index contributed by atoms with van der Waals surface area (Å²) in [6.07, 6.45) is 0.658. The molecule has 0 aliphatic carbocycles. The number of nitrogens with zero attached hydrogens (tertiary/aromatic N) is 1. The minimum atomic E-state index is -0.600. The first-order valence-corrected chi connectivity index (χ1v) is 8.53. The van der Waals surface area contributed by atoms with Crippen molar-refractivity contribution in [2.45, 2.75) is 17.4 Å². The number of carbonyl (C=O) groups is 1. The van der Waals surface area contributed by atoms with E-state index in [0.29, 0.717) is 6.42 Å². The van der Waals surface area contributed by atoms with Crippen LogP contribution in [-0.2, 0) is 0 Å². The number of nitro groups is 1. The van der Waals surface area contributed by atoms with Crippen LogP contribution in [0.5, 0.6) is 5.75 Å². The van der Waals surface area contributed by atoms with Gasteiger partial charge in [0.05, 0.1) is 18.1 Å². The van der Waals surface area contributed by atoms with Gasteiger partial charge in [-0.3, -0.25) is 14.9 Å². The molecule has 1 atom stereocenters. The normalized spacial score (nSPS) is 16.0. The molecule has 0 saturated heterocycles. The Morgan fingerprint density at radius 2 is 2.16 bits per heavy atom. The van der Waals surface area contributed by atoms with Crippen LogP contribution in [0.15, 0.2) is 41.3 Å². The number of fused-ring (bicyclic) bond motifs is 1. The number of rotatable bonds is 4. The maximum Gasteiger partial charge on any atom is 0.311 e. The molecule has 0 saturated carbocycles. The topological polar surface area (TPSA) is 81.5 Å². The van der Waals surface area contributed by atoms with Crippen molar-refractivity contribution >= 4 is 23.4 Å². The zero-order valence-electron chi connectivity index (χ0n) is 13.3. The lowest BCUT2D eigenvalue weighted by Gasteiger charge is -2.26. The van der Waals surface area contributed by atoms with Gasteiger partial charge in [-0.15, -0.1) is 11.8 Å². The van der Waals surface area contributed by atoms with Crippen molar-refractivity contribution in [3.63, 3.8) is 0 Å². The molecule has 25 heavy (non-hydrogen) atoms. The highest BCUT2D eigenvalue weighted by Crippen LogP contribution is 2.36. The first-order chi connectivity index (χ1) is 12.0. The van der Waals surface area contributed by atoms with E-state index in [-0.39, 0.29) is 28.9 Å². The molecule has 3 rings (SSSR count). The lowest BCUT2D eigenvalue weighted by Crippen LogP contribution is -2.30. The fourth-order valence-corrected chi connectivity index (χ4v) is 3.84. The molecular formula is C17H15FN2O4S. The number of methoxy groups -OCH3 is 1. The Balaban J connectivity index is 1.85. The van der Waals surface area contributed by atoms with Gasteiger partial charge in [0.25, 0.3) is 5.91 Å². The van der Waals surface area contributed by atoms with Crippen molar-refractivity contribution in [3.8, 4) is 5.75 Å². The number of thioether (sulfide) groups is 1. The summed E-state index contributed by atoms with van der Waals surface area (Å²) in [6.45, 7) is 0. The molecule has 1 heterocycles. The number of nitrogens with one attached hydrogen (secondary N) is 1. The summed E-state index contributed by atoms with van der Waals surface area (Å²) in [4.78, 5) is 23.9. The van der Waals surface area contributed by atoms with E-state index < -0.39 is 10.8 Å². The van der Waals surface area contributed by atoms with Crippen LogP contribution >= 0.6 is 11.8 Å². The number of amides is 1. The number of hydrogen-bond donors (Lipinski definition) is 1. The Hall–Kier alpha value is -2.61. The van der Waals surface area contributed by atoms with Crippen LogP contribution in [0.1, 0.15) is 28.4 Å². The third kappa shape index (κ3) is 3.58. The fraction of sp³-hybridized carbons (Fsp3) is 0.235. The van der Waals surface area contributed by atoms with Gasteiger partial charge in [0.1, 0.15) is 5.82 Å². The quantitative estimate of drug-likeness (QED) is 0.662. The highest BCUT2D eigenvalue weighted by Gasteiger charge is 2.25. The average molecular weight is 362 g/mol. The Morgan fingerprint density at radius 3 is 2.88 bits per heavy atom. The Kier molecular flexibility index (Phi) is 4.89. The predicted molar refractivity (Wildman–Crippen MR) is 91.6 cm³/mol. The van der Waals surface area contributed by atoms with Crippen LogP contribution in [0.4, 0.5) is 10.1 Å². The maximum absolute atomic E-state index is 13.5. The minimum Gasteiger partial charge on any atom is -0.490 e. The van der Waals surface area contributed by atoms with Crippen molar-refractivity contribution in [2.24, 2.45) is 0 Å². The van der Waals surface area contributed by atoms with Crippen molar-refractivity contribution in [1.82, 2.24) is 5.32 Å². The van der Waals surface area contributed by atoms with Crippen LogP contribution in [-0.4, -0.2) is 23.7 Å².